The maximum atomic E-state index is 13.3. The molecule has 0 aliphatic carbocycles. The van der Waals surface area contributed by atoms with Crippen molar-refractivity contribution < 1.29 is 26.4 Å². The Labute approximate surface area is 161 Å². The van der Waals surface area contributed by atoms with E-state index in [1.54, 1.807) is 0 Å². The molecule has 1 fully saturated rings. The molecule has 0 saturated carbocycles. The lowest BCUT2D eigenvalue weighted by Gasteiger charge is -2.29. The summed E-state index contributed by atoms with van der Waals surface area (Å²) in [5, 5.41) is 2.24. The van der Waals surface area contributed by atoms with Crippen LogP contribution >= 0.6 is 0 Å². The second-order valence-corrected chi connectivity index (χ2v) is 8.76. The SMILES string of the molecule is CC1CCN(S(=O)(=O)c2cccc(C(=O)Nc3cc(F)c(F)c(F)c3)c2)CC1. The van der Waals surface area contributed by atoms with Gasteiger partial charge in [-0.2, -0.15) is 4.31 Å². The molecule has 1 aliphatic heterocycles. The van der Waals surface area contributed by atoms with Crippen molar-refractivity contribution in [3.8, 4) is 0 Å². The molecule has 1 N–H and O–H groups in total. The van der Waals surface area contributed by atoms with E-state index < -0.39 is 33.4 Å². The maximum Gasteiger partial charge on any atom is 0.255 e. The van der Waals surface area contributed by atoms with Crippen LogP contribution in [0.3, 0.4) is 0 Å². The van der Waals surface area contributed by atoms with Crippen molar-refractivity contribution in [1.29, 1.82) is 0 Å². The molecule has 0 bridgehead atoms. The van der Waals surface area contributed by atoms with E-state index >= 15 is 0 Å². The Morgan fingerprint density at radius 2 is 1.68 bits per heavy atom. The van der Waals surface area contributed by atoms with Gasteiger partial charge in [0.05, 0.1) is 4.90 Å². The van der Waals surface area contributed by atoms with Gasteiger partial charge in [0.15, 0.2) is 17.5 Å². The molecule has 9 heteroatoms. The highest BCUT2D eigenvalue weighted by atomic mass is 32.2. The summed E-state index contributed by atoms with van der Waals surface area (Å²) in [7, 11) is -3.75. The third-order valence-electron chi connectivity index (χ3n) is 4.72. The van der Waals surface area contributed by atoms with Crippen molar-refractivity contribution in [2.75, 3.05) is 18.4 Å². The summed E-state index contributed by atoms with van der Waals surface area (Å²) in [6, 6.07) is 6.68. The van der Waals surface area contributed by atoms with E-state index in [2.05, 4.69) is 12.2 Å². The van der Waals surface area contributed by atoms with Crippen molar-refractivity contribution in [3.63, 3.8) is 0 Å². The fourth-order valence-electron chi connectivity index (χ4n) is 3.00. The Balaban J connectivity index is 1.82. The van der Waals surface area contributed by atoms with Gasteiger partial charge in [-0.15, -0.1) is 0 Å². The van der Waals surface area contributed by atoms with Crippen molar-refractivity contribution in [2.45, 2.75) is 24.7 Å². The number of halogens is 3. The lowest BCUT2D eigenvalue weighted by atomic mass is 10.0. The number of rotatable bonds is 4. The van der Waals surface area contributed by atoms with Crippen LogP contribution < -0.4 is 5.32 Å². The first kappa shape index (κ1) is 20.3. The lowest BCUT2D eigenvalue weighted by molar-refractivity contribution is 0.102. The first-order valence-electron chi connectivity index (χ1n) is 8.74. The minimum Gasteiger partial charge on any atom is -0.322 e. The number of benzene rings is 2. The number of nitrogens with zero attached hydrogens (tertiary/aromatic N) is 1. The van der Waals surface area contributed by atoms with Crippen LogP contribution in [-0.2, 0) is 10.0 Å². The minimum absolute atomic E-state index is 0.00315. The molecule has 2 aromatic rings. The van der Waals surface area contributed by atoms with E-state index in [0.717, 1.165) is 12.8 Å². The zero-order valence-electron chi connectivity index (χ0n) is 15.1. The van der Waals surface area contributed by atoms with Crippen LogP contribution in [0.1, 0.15) is 30.1 Å². The molecule has 28 heavy (non-hydrogen) atoms. The molecule has 2 aromatic carbocycles. The summed E-state index contributed by atoms with van der Waals surface area (Å²) in [5.74, 6) is -4.83. The molecule has 0 spiro atoms. The molecule has 150 valence electrons. The van der Waals surface area contributed by atoms with Crippen LogP contribution in [0.25, 0.3) is 0 Å². The zero-order valence-corrected chi connectivity index (χ0v) is 15.9. The van der Waals surface area contributed by atoms with Gasteiger partial charge in [-0.3, -0.25) is 4.79 Å². The predicted molar refractivity (Wildman–Crippen MR) is 97.9 cm³/mol. The number of amides is 1. The molecule has 1 amide bonds. The average Bonchev–Trinajstić information content (AvgIpc) is 2.66. The molecule has 5 nitrogen and oxygen atoms in total. The number of hydrogen-bond acceptors (Lipinski definition) is 3. The van der Waals surface area contributed by atoms with Crippen molar-refractivity contribution in [2.24, 2.45) is 5.92 Å². The fraction of sp³-hybridized carbons (Fsp3) is 0.316. The lowest BCUT2D eigenvalue weighted by Crippen LogP contribution is -2.37. The normalized spacial score (nSPS) is 16.1. The number of nitrogens with one attached hydrogen (secondary N) is 1. The van der Waals surface area contributed by atoms with Crippen molar-refractivity contribution >= 4 is 21.6 Å². The predicted octanol–water partition coefficient (Wildman–Crippen LogP) is 3.78. The molecule has 0 aromatic heterocycles. The first-order chi connectivity index (χ1) is 13.2. The Kier molecular flexibility index (Phi) is 5.76. The second kappa shape index (κ2) is 7.92. The van der Waals surface area contributed by atoms with E-state index in [1.165, 1.54) is 28.6 Å². The van der Waals surface area contributed by atoms with E-state index in [4.69, 9.17) is 0 Å². The summed E-state index contributed by atoms with van der Waals surface area (Å²) in [6.45, 7) is 2.89. The van der Waals surface area contributed by atoms with Crippen LogP contribution in [0, 0.1) is 23.4 Å². The number of piperidine rings is 1. The van der Waals surface area contributed by atoms with Gasteiger partial charge in [-0.1, -0.05) is 13.0 Å². The van der Waals surface area contributed by atoms with Crippen LogP contribution in [0.2, 0.25) is 0 Å². The van der Waals surface area contributed by atoms with E-state index in [1.807, 2.05) is 0 Å². The van der Waals surface area contributed by atoms with E-state index in [-0.39, 0.29) is 16.1 Å². The quantitative estimate of drug-likeness (QED) is 0.778. The molecule has 1 saturated heterocycles. The Hall–Kier alpha value is -2.39. The minimum atomic E-state index is -3.75. The topological polar surface area (TPSA) is 66.5 Å². The summed E-state index contributed by atoms with van der Waals surface area (Å²) in [6.07, 6.45) is 1.53. The number of carbonyl (C=O) groups is 1. The first-order valence-corrected chi connectivity index (χ1v) is 10.2. The highest BCUT2D eigenvalue weighted by Gasteiger charge is 2.28. The highest BCUT2D eigenvalue weighted by Crippen LogP contribution is 2.24. The molecule has 0 atom stereocenters. The van der Waals surface area contributed by atoms with Gasteiger partial charge in [0.1, 0.15) is 0 Å². The van der Waals surface area contributed by atoms with Crippen LogP contribution in [-0.4, -0.2) is 31.7 Å². The number of carbonyl (C=O) groups excluding carboxylic acids is 1. The summed E-state index contributed by atoms with van der Waals surface area (Å²) >= 11 is 0. The van der Waals surface area contributed by atoms with Crippen LogP contribution in [0.5, 0.6) is 0 Å². The van der Waals surface area contributed by atoms with Gasteiger partial charge in [0.2, 0.25) is 10.0 Å². The molecule has 3 rings (SSSR count). The monoisotopic (exact) mass is 412 g/mol. The average molecular weight is 412 g/mol. The van der Waals surface area contributed by atoms with Gasteiger partial charge < -0.3 is 5.32 Å². The second-order valence-electron chi connectivity index (χ2n) is 6.82. The molecular weight excluding hydrogens is 393 g/mol. The molecule has 1 aliphatic rings. The smallest absolute Gasteiger partial charge is 0.255 e. The molecule has 0 unspecified atom stereocenters. The Morgan fingerprint density at radius 1 is 1.07 bits per heavy atom. The van der Waals surface area contributed by atoms with E-state index in [0.29, 0.717) is 31.1 Å². The number of hydrogen-bond donors (Lipinski definition) is 1. The maximum absolute atomic E-state index is 13.3. The molecular formula is C19H19F3N2O3S. The van der Waals surface area contributed by atoms with Gasteiger partial charge in [-0.05, 0) is 37.0 Å². The van der Waals surface area contributed by atoms with Crippen LogP contribution in [0.15, 0.2) is 41.3 Å². The highest BCUT2D eigenvalue weighted by molar-refractivity contribution is 7.89. The molecule has 1 heterocycles. The summed E-state index contributed by atoms with van der Waals surface area (Å²) < 4.78 is 66.6. The Morgan fingerprint density at radius 3 is 2.29 bits per heavy atom. The van der Waals surface area contributed by atoms with Crippen LogP contribution in [0.4, 0.5) is 18.9 Å². The summed E-state index contributed by atoms with van der Waals surface area (Å²) in [5.41, 5.74) is -0.281. The van der Waals surface area contributed by atoms with Gasteiger partial charge in [0.25, 0.3) is 5.91 Å². The van der Waals surface area contributed by atoms with Crippen molar-refractivity contribution in [1.82, 2.24) is 4.31 Å². The third kappa shape index (κ3) is 4.20. The van der Waals surface area contributed by atoms with E-state index in [9.17, 15) is 26.4 Å². The standard InChI is InChI=1S/C19H19F3N2O3S/c1-12-5-7-24(8-6-12)28(26,27)15-4-2-3-13(9-15)19(25)23-14-10-16(20)18(22)17(21)11-14/h2-4,9-12H,5-8H2,1H3,(H,23,25). The zero-order chi connectivity index (χ0) is 20.5. The van der Waals surface area contributed by atoms with Gasteiger partial charge in [-0.25, -0.2) is 21.6 Å². The molecule has 0 radical (unpaired) electrons. The van der Waals surface area contributed by atoms with Gasteiger partial charge >= 0.3 is 0 Å². The summed E-state index contributed by atoms with van der Waals surface area (Å²) in [4.78, 5) is 12.3. The largest absolute Gasteiger partial charge is 0.322 e. The fourth-order valence-corrected chi connectivity index (χ4v) is 4.52. The Bertz CT molecular complexity index is 980. The van der Waals surface area contributed by atoms with Gasteiger partial charge in [0, 0.05) is 36.5 Å². The third-order valence-corrected chi connectivity index (χ3v) is 6.61. The van der Waals surface area contributed by atoms with Crippen molar-refractivity contribution in [3.05, 3.63) is 59.4 Å². The number of sulfonamides is 1. The number of anilines is 1.